The number of benzene rings is 1. The van der Waals surface area contributed by atoms with Crippen molar-refractivity contribution in [3.05, 3.63) is 46.7 Å². The molecule has 0 unspecified atom stereocenters. The Morgan fingerprint density at radius 2 is 2.24 bits per heavy atom. The number of aryl methyl sites for hydroxylation is 1. The molecule has 1 aromatic carbocycles. The van der Waals surface area contributed by atoms with Gasteiger partial charge in [-0.1, -0.05) is 41.2 Å². The lowest BCUT2D eigenvalue weighted by Crippen LogP contribution is -2.24. The van der Waals surface area contributed by atoms with Gasteiger partial charge in [0.05, 0.1) is 12.3 Å². The van der Waals surface area contributed by atoms with Crippen molar-refractivity contribution in [1.29, 1.82) is 0 Å². The predicted molar refractivity (Wildman–Crippen MR) is 79.3 cm³/mol. The first-order valence-electron chi connectivity index (χ1n) is 6.20. The van der Waals surface area contributed by atoms with Crippen molar-refractivity contribution >= 4 is 26.3 Å². The van der Waals surface area contributed by atoms with Gasteiger partial charge in [0.2, 0.25) is 15.0 Å². The number of hydrogen-bond acceptors (Lipinski definition) is 6. The van der Waals surface area contributed by atoms with Gasteiger partial charge in [-0.3, -0.25) is 0 Å². The van der Waals surface area contributed by atoms with Crippen molar-refractivity contribution in [2.45, 2.75) is 19.2 Å². The summed E-state index contributed by atoms with van der Waals surface area (Å²) in [5, 5.41) is 12.4. The molecule has 0 amide bonds. The molecule has 21 heavy (non-hydrogen) atoms. The average Bonchev–Trinajstić information content (AvgIpc) is 2.96. The number of hydrogen-bond donors (Lipinski definition) is 1. The molecule has 7 nitrogen and oxygen atoms in total. The maximum atomic E-state index is 12.1. The van der Waals surface area contributed by atoms with E-state index in [-0.39, 0.29) is 12.3 Å². The molecular formula is C12H13N5O2S2. The van der Waals surface area contributed by atoms with Crippen molar-refractivity contribution in [2.75, 3.05) is 0 Å². The second-order valence-corrected chi connectivity index (χ2v) is 7.47. The molecule has 1 N–H and O–H groups in total. The van der Waals surface area contributed by atoms with E-state index in [0.717, 1.165) is 11.1 Å². The fraction of sp³-hybridized carbons (Fsp3) is 0.250. The highest BCUT2D eigenvalue weighted by atomic mass is 32.2. The Morgan fingerprint density at radius 1 is 1.38 bits per heavy atom. The van der Waals surface area contributed by atoms with Crippen molar-refractivity contribution in [2.24, 2.45) is 0 Å². The standard InChI is InChI=1S/C12H13N5O2S2/c1-9-3-2-4-10(5-9)7-21(18,19)14-6-11-16-17-8-13-15-12(17)20-11/h2-5,8,14H,6-7H2,1H3. The van der Waals surface area contributed by atoms with Gasteiger partial charge in [-0.2, -0.15) is 9.61 Å². The minimum atomic E-state index is -3.40. The van der Waals surface area contributed by atoms with Crippen LogP contribution in [0.5, 0.6) is 0 Å². The Bertz CT molecular complexity index is 840. The largest absolute Gasteiger partial charge is 0.234 e. The average molecular weight is 323 g/mol. The molecule has 2 heterocycles. The molecule has 9 heteroatoms. The first kappa shape index (κ1) is 14.1. The third-order valence-corrected chi connectivity index (χ3v) is 5.02. The van der Waals surface area contributed by atoms with E-state index in [1.54, 1.807) is 6.07 Å². The second-order valence-electron chi connectivity index (χ2n) is 4.62. The Kier molecular flexibility index (Phi) is 3.70. The normalized spacial score (nSPS) is 12.0. The van der Waals surface area contributed by atoms with Gasteiger partial charge in [0.25, 0.3) is 0 Å². The van der Waals surface area contributed by atoms with Crippen molar-refractivity contribution < 1.29 is 8.42 Å². The zero-order chi connectivity index (χ0) is 14.9. The van der Waals surface area contributed by atoms with Gasteiger partial charge in [0, 0.05) is 0 Å². The van der Waals surface area contributed by atoms with Gasteiger partial charge in [-0.05, 0) is 12.5 Å². The van der Waals surface area contributed by atoms with Gasteiger partial charge < -0.3 is 0 Å². The molecule has 0 radical (unpaired) electrons. The van der Waals surface area contributed by atoms with Gasteiger partial charge >= 0.3 is 0 Å². The van der Waals surface area contributed by atoms with E-state index < -0.39 is 10.0 Å². The molecule has 0 aliphatic rings. The quantitative estimate of drug-likeness (QED) is 0.760. The molecular weight excluding hydrogens is 310 g/mol. The number of nitrogens with zero attached hydrogens (tertiary/aromatic N) is 4. The van der Waals surface area contributed by atoms with E-state index in [1.807, 2.05) is 25.1 Å². The first-order chi connectivity index (χ1) is 10.0. The van der Waals surface area contributed by atoms with Crippen LogP contribution < -0.4 is 4.72 Å². The van der Waals surface area contributed by atoms with Crippen LogP contribution in [0, 0.1) is 6.92 Å². The highest BCUT2D eigenvalue weighted by Gasteiger charge is 2.13. The van der Waals surface area contributed by atoms with E-state index in [4.69, 9.17) is 0 Å². The fourth-order valence-electron chi connectivity index (χ4n) is 1.92. The molecule has 0 atom stereocenters. The minimum absolute atomic E-state index is 0.0429. The van der Waals surface area contributed by atoms with E-state index >= 15 is 0 Å². The van der Waals surface area contributed by atoms with Crippen LogP contribution in [0.2, 0.25) is 0 Å². The monoisotopic (exact) mass is 323 g/mol. The van der Waals surface area contributed by atoms with Crippen molar-refractivity contribution in [3.63, 3.8) is 0 Å². The maximum absolute atomic E-state index is 12.1. The summed E-state index contributed by atoms with van der Waals surface area (Å²) in [4.78, 5) is 0.642. The van der Waals surface area contributed by atoms with Crippen LogP contribution in [0.25, 0.3) is 4.96 Å². The van der Waals surface area contributed by atoms with Crippen LogP contribution in [0.3, 0.4) is 0 Å². The van der Waals surface area contributed by atoms with Crippen LogP contribution in [0.1, 0.15) is 16.1 Å². The SMILES string of the molecule is Cc1cccc(CS(=O)(=O)NCc2nn3cnnc3s2)c1. The molecule has 3 rings (SSSR count). The van der Waals surface area contributed by atoms with Crippen LogP contribution in [-0.4, -0.2) is 28.2 Å². The van der Waals surface area contributed by atoms with Crippen molar-refractivity contribution in [1.82, 2.24) is 24.5 Å². The maximum Gasteiger partial charge on any atom is 0.234 e. The van der Waals surface area contributed by atoms with Crippen LogP contribution in [-0.2, 0) is 22.3 Å². The Labute approximate surface area is 125 Å². The molecule has 2 aromatic heterocycles. The highest BCUT2D eigenvalue weighted by Crippen LogP contribution is 2.12. The third-order valence-electron chi connectivity index (χ3n) is 2.81. The highest BCUT2D eigenvalue weighted by molar-refractivity contribution is 7.88. The third kappa shape index (κ3) is 3.43. The molecule has 0 aliphatic heterocycles. The van der Waals surface area contributed by atoms with Gasteiger partial charge in [-0.15, -0.1) is 10.2 Å². The Morgan fingerprint density at radius 3 is 3.00 bits per heavy atom. The van der Waals surface area contributed by atoms with Gasteiger partial charge in [0.15, 0.2) is 0 Å². The lowest BCUT2D eigenvalue weighted by molar-refractivity contribution is 0.580. The molecule has 0 spiro atoms. The van der Waals surface area contributed by atoms with E-state index in [0.29, 0.717) is 9.97 Å². The van der Waals surface area contributed by atoms with Gasteiger partial charge in [0.1, 0.15) is 11.3 Å². The molecule has 0 bridgehead atoms. The zero-order valence-corrected chi connectivity index (χ0v) is 12.9. The number of rotatable bonds is 5. The molecule has 0 aliphatic carbocycles. The number of aromatic nitrogens is 4. The Balaban J connectivity index is 1.67. The van der Waals surface area contributed by atoms with Crippen LogP contribution in [0.4, 0.5) is 0 Å². The molecule has 110 valence electrons. The summed E-state index contributed by atoms with van der Waals surface area (Å²) in [7, 11) is -3.40. The number of fused-ring (bicyclic) bond motifs is 1. The number of nitrogens with one attached hydrogen (secondary N) is 1. The summed E-state index contributed by atoms with van der Waals surface area (Å²) in [5.41, 5.74) is 1.80. The summed E-state index contributed by atoms with van der Waals surface area (Å²) in [6.07, 6.45) is 1.48. The van der Waals surface area contributed by atoms with E-state index in [9.17, 15) is 8.42 Å². The van der Waals surface area contributed by atoms with Gasteiger partial charge in [-0.25, -0.2) is 13.1 Å². The first-order valence-corrected chi connectivity index (χ1v) is 8.67. The van der Waals surface area contributed by atoms with Crippen molar-refractivity contribution in [3.8, 4) is 0 Å². The summed E-state index contributed by atoms with van der Waals surface area (Å²) in [6, 6.07) is 7.45. The van der Waals surface area contributed by atoms with Crippen LogP contribution in [0.15, 0.2) is 30.6 Å². The number of sulfonamides is 1. The topological polar surface area (TPSA) is 89.2 Å². The second kappa shape index (κ2) is 5.51. The fourth-order valence-corrected chi connectivity index (χ4v) is 3.84. The molecule has 0 fully saturated rings. The molecule has 0 saturated carbocycles. The summed E-state index contributed by atoms with van der Waals surface area (Å²) >= 11 is 1.30. The summed E-state index contributed by atoms with van der Waals surface area (Å²) in [6.45, 7) is 2.09. The summed E-state index contributed by atoms with van der Waals surface area (Å²) in [5.74, 6) is -0.0429. The lowest BCUT2D eigenvalue weighted by atomic mass is 10.2. The Hall–Kier alpha value is -1.84. The molecule has 0 saturated heterocycles. The predicted octanol–water partition coefficient (Wildman–Crippen LogP) is 1.11. The lowest BCUT2D eigenvalue weighted by Gasteiger charge is -2.05. The van der Waals surface area contributed by atoms with Crippen LogP contribution >= 0.6 is 11.3 Å². The van der Waals surface area contributed by atoms with E-state index in [1.165, 1.54) is 22.2 Å². The summed E-state index contributed by atoms with van der Waals surface area (Å²) < 4.78 is 28.2. The zero-order valence-electron chi connectivity index (χ0n) is 11.2. The minimum Gasteiger partial charge on any atom is -0.212 e. The smallest absolute Gasteiger partial charge is 0.212 e. The van der Waals surface area contributed by atoms with E-state index in [2.05, 4.69) is 20.0 Å². The molecule has 3 aromatic rings.